The first kappa shape index (κ1) is 47.4. The number of carboxylic acids is 1. The van der Waals surface area contributed by atoms with E-state index in [9.17, 15) is 48.3 Å². The highest BCUT2D eigenvalue weighted by Gasteiger charge is 2.45. The highest BCUT2D eigenvalue weighted by atomic mass is 16.4. The lowest BCUT2D eigenvalue weighted by Crippen LogP contribution is -2.61. The summed E-state index contributed by atoms with van der Waals surface area (Å²) in [5.74, 6) is -8.00. The molecule has 21 nitrogen and oxygen atoms in total. The number of nitrogens with zero attached hydrogens (tertiary/aromatic N) is 3. The highest BCUT2D eigenvalue weighted by molar-refractivity contribution is 5.99. The number of aliphatic carboxylic acids is 1. The third-order valence-corrected chi connectivity index (χ3v) is 11.1. The van der Waals surface area contributed by atoms with Crippen LogP contribution in [0.15, 0.2) is 35.3 Å². The number of nitrogens with two attached hydrogens (primary N) is 2. The maximum Gasteiger partial charge on any atom is 0.305 e. The van der Waals surface area contributed by atoms with E-state index in [1.165, 1.54) is 16.7 Å². The number of rotatable bonds is 10. The molecule has 0 bridgehead atoms. The number of carboxylic acid groups (broad SMARTS) is 1. The van der Waals surface area contributed by atoms with E-state index in [1.54, 1.807) is 44.2 Å². The van der Waals surface area contributed by atoms with E-state index >= 15 is 0 Å². The Labute approximate surface area is 353 Å². The normalized spacial score (nSPS) is 26.9. The van der Waals surface area contributed by atoms with Crippen LogP contribution in [0, 0.1) is 5.92 Å². The fourth-order valence-corrected chi connectivity index (χ4v) is 7.59. The van der Waals surface area contributed by atoms with Crippen molar-refractivity contribution < 1.29 is 48.3 Å². The minimum absolute atomic E-state index is 0.0176. The summed E-state index contributed by atoms with van der Waals surface area (Å²) >= 11 is 0. The summed E-state index contributed by atoms with van der Waals surface area (Å²) in [6.45, 7) is 4.67. The monoisotopic (exact) mass is 853 g/mol. The standard InChI is InChI=1S/C40H59N11O10/c1-4-22(2)32-39(61)51-18-10-15-29(51)38(60)50-17-9-14-28(50)37(59)45-23(3)33(55)48-26(19-24-11-6-5-7-12-24)35(57)47-25(13-8-16-43-40(41)42)34(56)44-21-30(52)46-27(20-31(53)54)36(58)49-32/h5-7,11-12,22-23,25-29,32H,4,8-10,13-21H2,1-3H3,(H,44,56)(H,45,59)(H,46,52)(H,47,57)(H,48,55)(H,49,58)(H,53,54)(H4,41,42,43)/t22-,23-,25-,26-,27-,28-,29+,32-/m0/s1. The molecule has 1 aromatic carbocycles. The molecule has 11 N–H and O–H groups in total. The van der Waals surface area contributed by atoms with Crippen LogP contribution in [-0.4, -0.2) is 143 Å². The molecule has 3 saturated heterocycles. The Hall–Kier alpha value is -6.28. The summed E-state index contributed by atoms with van der Waals surface area (Å²) in [6.07, 6.45) is 1.21. The van der Waals surface area contributed by atoms with Crippen molar-refractivity contribution in [1.82, 2.24) is 41.7 Å². The second-order valence-electron chi connectivity index (χ2n) is 15.7. The molecule has 3 fully saturated rings. The largest absolute Gasteiger partial charge is 0.481 e. The Balaban J connectivity index is 1.70. The van der Waals surface area contributed by atoms with Gasteiger partial charge in [0.05, 0.1) is 13.0 Å². The van der Waals surface area contributed by atoms with Gasteiger partial charge in [-0.2, -0.15) is 0 Å². The van der Waals surface area contributed by atoms with Gasteiger partial charge in [0.25, 0.3) is 0 Å². The number of guanidine groups is 1. The SMILES string of the molecule is CC[C@H](C)[C@@H]1NC(=O)[C@H](CC(=O)O)NC(=O)CNC(=O)[C@H](CCCN=C(N)N)NC(=O)[C@H](Cc2ccccc2)NC(=O)[C@H](C)NC(=O)[C@@H]2CCCN2C(=O)[C@H]2CCCN2C1=O. The van der Waals surface area contributed by atoms with E-state index in [0.717, 1.165) is 0 Å². The minimum Gasteiger partial charge on any atom is -0.481 e. The van der Waals surface area contributed by atoms with Crippen molar-refractivity contribution in [2.24, 2.45) is 22.4 Å². The van der Waals surface area contributed by atoms with Crippen molar-refractivity contribution in [3.05, 3.63) is 35.9 Å². The van der Waals surface area contributed by atoms with Crippen molar-refractivity contribution in [3.8, 4) is 0 Å². The van der Waals surface area contributed by atoms with Crippen LogP contribution in [0.1, 0.15) is 77.7 Å². The minimum atomic E-state index is -1.67. The maximum absolute atomic E-state index is 14.2. The lowest BCUT2D eigenvalue weighted by Gasteiger charge is -2.35. The van der Waals surface area contributed by atoms with Crippen LogP contribution in [0.5, 0.6) is 0 Å². The molecule has 0 spiro atoms. The average Bonchev–Trinajstić information content (AvgIpc) is 3.93. The van der Waals surface area contributed by atoms with Crippen LogP contribution in [0.2, 0.25) is 0 Å². The fourth-order valence-electron chi connectivity index (χ4n) is 7.59. The second-order valence-corrected chi connectivity index (χ2v) is 15.7. The summed E-state index contributed by atoms with van der Waals surface area (Å²) in [6, 6.07) is 0.194. The van der Waals surface area contributed by atoms with Gasteiger partial charge in [-0.25, -0.2) is 0 Å². The maximum atomic E-state index is 14.2. The molecule has 4 rings (SSSR count). The number of aliphatic imine (C=N–C) groups is 1. The quantitative estimate of drug-likeness (QED) is 0.0663. The van der Waals surface area contributed by atoms with Gasteiger partial charge in [-0.05, 0) is 56.9 Å². The summed E-state index contributed by atoms with van der Waals surface area (Å²) in [7, 11) is 0. The topological polar surface area (TPSA) is 317 Å². The van der Waals surface area contributed by atoms with Gasteiger partial charge in [0.1, 0.15) is 42.3 Å². The average molecular weight is 854 g/mol. The van der Waals surface area contributed by atoms with Gasteiger partial charge < -0.3 is 58.3 Å². The molecule has 8 atom stereocenters. The van der Waals surface area contributed by atoms with Crippen LogP contribution in [0.25, 0.3) is 0 Å². The first-order valence-electron chi connectivity index (χ1n) is 20.7. The molecule has 3 heterocycles. The number of carbonyl (C=O) groups excluding carboxylic acids is 8. The highest BCUT2D eigenvalue weighted by Crippen LogP contribution is 2.27. The van der Waals surface area contributed by atoms with Crippen LogP contribution in [0.3, 0.4) is 0 Å². The summed E-state index contributed by atoms with van der Waals surface area (Å²) in [5.41, 5.74) is 11.5. The van der Waals surface area contributed by atoms with Crippen molar-refractivity contribution in [3.63, 3.8) is 0 Å². The third-order valence-electron chi connectivity index (χ3n) is 11.1. The lowest BCUT2D eigenvalue weighted by molar-refractivity contribution is -0.149. The summed E-state index contributed by atoms with van der Waals surface area (Å²) < 4.78 is 0. The Morgan fingerprint density at radius 2 is 1.41 bits per heavy atom. The lowest BCUT2D eigenvalue weighted by atomic mass is 9.96. The number of benzene rings is 1. The molecule has 3 aliphatic heterocycles. The van der Waals surface area contributed by atoms with Gasteiger partial charge in [-0.3, -0.25) is 48.1 Å². The van der Waals surface area contributed by atoms with E-state index in [4.69, 9.17) is 11.5 Å². The van der Waals surface area contributed by atoms with Gasteiger partial charge >= 0.3 is 5.97 Å². The molecule has 0 saturated carbocycles. The van der Waals surface area contributed by atoms with E-state index in [-0.39, 0.29) is 44.9 Å². The molecule has 1 aromatic rings. The number of hydrogen-bond acceptors (Lipinski definition) is 10. The predicted octanol–water partition coefficient (Wildman–Crippen LogP) is -2.64. The zero-order valence-electron chi connectivity index (χ0n) is 34.8. The molecule has 8 amide bonds. The Bertz CT molecular complexity index is 1820. The van der Waals surface area contributed by atoms with Gasteiger partial charge in [-0.15, -0.1) is 0 Å². The van der Waals surface area contributed by atoms with E-state index < -0.39 is 114 Å². The number of amides is 8. The smallest absolute Gasteiger partial charge is 0.305 e. The van der Waals surface area contributed by atoms with Crippen LogP contribution in [-0.2, 0) is 49.6 Å². The predicted molar refractivity (Wildman–Crippen MR) is 220 cm³/mol. The van der Waals surface area contributed by atoms with Crippen LogP contribution >= 0.6 is 0 Å². The van der Waals surface area contributed by atoms with E-state index in [0.29, 0.717) is 37.7 Å². The third kappa shape index (κ3) is 13.4. The van der Waals surface area contributed by atoms with Gasteiger partial charge in [-0.1, -0.05) is 50.6 Å². The Morgan fingerprint density at radius 1 is 0.787 bits per heavy atom. The molecular formula is C40H59N11O10. The number of carbonyl (C=O) groups is 9. The van der Waals surface area contributed by atoms with E-state index in [2.05, 4.69) is 36.9 Å². The second kappa shape index (κ2) is 22.4. The molecule has 0 aliphatic carbocycles. The van der Waals surface area contributed by atoms with Gasteiger partial charge in [0.2, 0.25) is 47.3 Å². The molecule has 0 aromatic heterocycles. The number of nitrogens with one attached hydrogen (secondary N) is 6. The van der Waals surface area contributed by atoms with E-state index in [1.807, 2.05) is 0 Å². The Morgan fingerprint density at radius 3 is 2.05 bits per heavy atom. The molecule has 0 unspecified atom stereocenters. The molecule has 0 radical (unpaired) electrons. The van der Waals surface area contributed by atoms with Crippen LogP contribution < -0.4 is 43.4 Å². The van der Waals surface area contributed by atoms with Gasteiger partial charge in [0.15, 0.2) is 5.96 Å². The first-order chi connectivity index (χ1) is 29.0. The number of fused-ring (bicyclic) bond motifs is 2. The fraction of sp³-hybridized carbons (Fsp3) is 0.600. The molecule has 3 aliphatic rings. The van der Waals surface area contributed by atoms with Gasteiger partial charge in [0, 0.05) is 26.1 Å². The molecular weight excluding hydrogens is 795 g/mol. The molecule has 61 heavy (non-hydrogen) atoms. The summed E-state index contributed by atoms with van der Waals surface area (Å²) in [5, 5.41) is 25.0. The van der Waals surface area contributed by atoms with Crippen molar-refractivity contribution >= 4 is 59.2 Å². The zero-order chi connectivity index (χ0) is 44.8. The first-order valence-corrected chi connectivity index (χ1v) is 20.7. The Kier molecular flexibility index (Phi) is 17.4. The van der Waals surface area contributed by atoms with Crippen molar-refractivity contribution in [2.45, 2.75) is 121 Å². The summed E-state index contributed by atoms with van der Waals surface area (Å²) in [4.78, 5) is 129. The van der Waals surface area contributed by atoms with Crippen molar-refractivity contribution in [1.29, 1.82) is 0 Å². The van der Waals surface area contributed by atoms with Crippen molar-refractivity contribution in [2.75, 3.05) is 26.2 Å². The molecule has 21 heteroatoms. The number of hydrogen-bond donors (Lipinski definition) is 9. The zero-order valence-corrected chi connectivity index (χ0v) is 34.8. The van der Waals surface area contributed by atoms with Crippen LogP contribution in [0.4, 0.5) is 0 Å². The molecule has 334 valence electrons.